The zero-order chi connectivity index (χ0) is 15.3. The summed E-state index contributed by atoms with van der Waals surface area (Å²) in [5.41, 5.74) is 6.14. The monoisotopic (exact) mass is 282 g/mol. The van der Waals surface area contributed by atoms with E-state index in [1.807, 2.05) is 0 Å². The molecule has 2 unspecified atom stereocenters. The van der Waals surface area contributed by atoms with Crippen LogP contribution < -0.4 is 11.1 Å². The zero-order valence-electron chi connectivity index (χ0n) is 11.3. The number of esters is 1. The predicted molar refractivity (Wildman–Crippen MR) is 71.8 cm³/mol. The molecule has 0 bridgehead atoms. The number of aliphatic hydroxyl groups is 2. The van der Waals surface area contributed by atoms with Gasteiger partial charge in [-0.3, -0.25) is 4.79 Å². The zero-order valence-corrected chi connectivity index (χ0v) is 11.3. The average molecular weight is 282 g/mol. The lowest BCUT2D eigenvalue weighted by molar-refractivity contribution is -0.119. The third-order valence-electron chi connectivity index (χ3n) is 2.79. The average Bonchev–Trinajstić information content (AvgIpc) is 2.43. The van der Waals surface area contributed by atoms with Crippen LogP contribution in [0.5, 0.6) is 0 Å². The summed E-state index contributed by atoms with van der Waals surface area (Å²) in [4.78, 5) is 22.3. The van der Waals surface area contributed by atoms with E-state index >= 15 is 0 Å². The van der Waals surface area contributed by atoms with E-state index in [4.69, 9.17) is 5.73 Å². The number of ether oxygens (including phenoxy) is 1. The molecule has 0 spiro atoms. The van der Waals surface area contributed by atoms with E-state index in [2.05, 4.69) is 10.1 Å². The van der Waals surface area contributed by atoms with Crippen molar-refractivity contribution >= 4 is 17.6 Å². The van der Waals surface area contributed by atoms with E-state index in [9.17, 15) is 19.8 Å². The number of carbonyl (C=O) groups is 2. The number of amides is 1. The number of para-hydroxylation sites is 1. The molecule has 0 radical (unpaired) electrons. The fraction of sp³-hybridized carbons (Fsp3) is 0.385. The van der Waals surface area contributed by atoms with Gasteiger partial charge in [0.15, 0.2) is 0 Å². The van der Waals surface area contributed by atoms with Gasteiger partial charge in [0.2, 0.25) is 5.91 Å². The molecule has 0 fully saturated rings. The second-order valence-electron chi connectivity index (χ2n) is 4.25. The van der Waals surface area contributed by atoms with E-state index in [0.717, 1.165) is 0 Å². The Morgan fingerprint density at radius 1 is 1.40 bits per heavy atom. The molecule has 1 aromatic carbocycles. The van der Waals surface area contributed by atoms with Crippen LogP contribution in [0.1, 0.15) is 28.9 Å². The first-order valence-electron chi connectivity index (χ1n) is 5.95. The van der Waals surface area contributed by atoms with Gasteiger partial charge in [0.1, 0.15) is 12.2 Å². The van der Waals surface area contributed by atoms with Gasteiger partial charge >= 0.3 is 5.97 Å². The summed E-state index contributed by atoms with van der Waals surface area (Å²) in [5, 5.41) is 22.2. The highest BCUT2D eigenvalue weighted by atomic mass is 16.5. The topological polar surface area (TPSA) is 122 Å². The summed E-state index contributed by atoms with van der Waals surface area (Å²) in [7, 11) is 1.22. The molecule has 0 heterocycles. The van der Waals surface area contributed by atoms with Crippen molar-refractivity contribution in [2.45, 2.75) is 19.1 Å². The van der Waals surface area contributed by atoms with Crippen LogP contribution >= 0.6 is 0 Å². The van der Waals surface area contributed by atoms with Crippen LogP contribution in [0.15, 0.2) is 18.2 Å². The molecule has 0 aliphatic heterocycles. The Morgan fingerprint density at radius 2 is 2.05 bits per heavy atom. The molecular formula is C13H18N2O5. The number of benzene rings is 1. The van der Waals surface area contributed by atoms with E-state index in [1.54, 1.807) is 0 Å². The van der Waals surface area contributed by atoms with E-state index in [1.165, 1.54) is 32.2 Å². The van der Waals surface area contributed by atoms with Crippen LogP contribution in [0.2, 0.25) is 0 Å². The Labute approximate surface area is 116 Å². The smallest absolute Gasteiger partial charge is 0.339 e. The number of methoxy groups -OCH3 is 1. The molecule has 2 atom stereocenters. The quantitative estimate of drug-likeness (QED) is 0.430. The Hall–Kier alpha value is -2.12. The van der Waals surface area contributed by atoms with Gasteiger partial charge < -0.3 is 26.0 Å². The second-order valence-corrected chi connectivity index (χ2v) is 4.25. The molecular weight excluding hydrogens is 264 g/mol. The molecule has 0 aromatic heterocycles. The summed E-state index contributed by atoms with van der Waals surface area (Å²) in [6.45, 7) is 1.17. The number of rotatable bonds is 5. The molecule has 110 valence electrons. The van der Waals surface area contributed by atoms with Crippen molar-refractivity contribution in [3.05, 3.63) is 29.3 Å². The number of nitrogens with one attached hydrogen (secondary N) is 1. The fourth-order valence-corrected chi connectivity index (χ4v) is 1.70. The van der Waals surface area contributed by atoms with Crippen LogP contribution in [0.3, 0.4) is 0 Å². The highest BCUT2D eigenvalue weighted by Crippen LogP contribution is 2.26. The van der Waals surface area contributed by atoms with Crippen LogP contribution in [0.25, 0.3) is 0 Å². The van der Waals surface area contributed by atoms with Crippen molar-refractivity contribution in [1.29, 1.82) is 0 Å². The van der Waals surface area contributed by atoms with Crippen molar-refractivity contribution in [2.75, 3.05) is 19.4 Å². The van der Waals surface area contributed by atoms with E-state index < -0.39 is 18.2 Å². The first-order chi connectivity index (χ1) is 9.38. The van der Waals surface area contributed by atoms with E-state index in [0.29, 0.717) is 0 Å². The molecule has 0 saturated heterocycles. The highest BCUT2D eigenvalue weighted by molar-refractivity contribution is 5.95. The molecule has 7 heteroatoms. The molecule has 20 heavy (non-hydrogen) atoms. The molecule has 1 rings (SSSR count). The normalized spacial score (nSPS) is 13.4. The molecule has 1 aromatic rings. The van der Waals surface area contributed by atoms with Crippen LogP contribution in [-0.4, -0.2) is 41.8 Å². The SMILES string of the molecule is COC(=O)c1cccc(C(O)C(O)CNC(C)=O)c1N. The summed E-state index contributed by atoms with van der Waals surface area (Å²) < 4.78 is 4.57. The third kappa shape index (κ3) is 3.69. The van der Waals surface area contributed by atoms with Crippen molar-refractivity contribution in [3.63, 3.8) is 0 Å². The first-order valence-corrected chi connectivity index (χ1v) is 5.95. The summed E-state index contributed by atoms with van der Waals surface area (Å²) >= 11 is 0. The highest BCUT2D eigenvalue weighted by Gasteiger charge is 2.23. The van der Waals surface area contributed by atoms with Gasteiger partial charge in [-0.1, -0.05) is 12.1 Å². The number of nitrogens with two attached hydrogens (primary N) is 1. The minimum absolute atomic E-state index is 0.0359. The van der Waals surface area contributed by atoms with Crippen LogP contribution in [0, 0.1) is 0 Å². The summed E-state index contributed by atoms with van der Waals surface area (Å²) in [6.07, 6.45) is -2.57. The van der Waals surface area contributed by atoms with Crippen molar-refractivity contribution in [3.8, 4) is 0 Å². The van der Waals surface area contributed by atoms with Crippen LogP contribution in [-0.2, 0) is 9.53 Å². The van der Waals surface area contributed by atoms with Gasteiger partial charge in [0.05, 0.1) is 18.4 Å². The number of hydrogen-bond acceptors (Lipinski definition) is 6. The van der Waals surface area contributed by atoms with Gasteiger partial charge in [-0.05, 0) is 6.07 Å². The van der Waals surface area contributed by atoms with Gasteiger partial charge in [0.25, 0.3) is 0 Å². The summed E-state index contributed by atoms with van der Waals surface area (Å²) in [5.74, 6) is -0.958. The number of aliphatic hydroxyl groups excluding tert-OH is 2. The Balaban J connectivity index is 2.95. The summed E-state index contributed by atoms with van der Waals surface area (Å²) in [6, 6.07) is 4.47. The fourth-order valence-electron chi connectivity index (χ4n) is 1.70. The van der Waals surface area contributed by atoms with Crippen molar-refractivity contribution in [2.24, 2.45) is 0 Å². The number of hydrogen-bond donors (Lipinski definition) is 4. The van der Waals surface area contributed by atoms with Gasteiger partial charge in [-0.2, -0.15) is 0 Å². The maximum absolute atomic E-state index is 11.5. The lowest BCUT2D eigenvalue weighted by Crippen LogP contribution is -2.34. The Morgan fingerprint density at radius 3 is 2.60 bits per heavy atom. The maximum atomic E-state index is 11.5. The molecule has 1 amide bonds. The first kappa shape index (κ1) is 15.9. The Kier molecular flexibility index (Phi) is 5.48. The van der Waals surface area contributed by atoms with Gasteiger partial charge in [0, 0.05) is 19.0 Å². The molecule has 0 aliphatic rings. The van der Waals surface area contributed by atoms with Crippen molar-refractivity contribution in [1.82, 2.24) is 5.32 Å². The number of carbonyl (C=O) groups excluding carboxylic acids is 2. The number of anilines is 1. The third-order valence-corrected chi connectivity index (χ3v) is 2.79. The van der Waals surface area contributed by atoms with Gasteiger partial charge in [-0.15, -0.1) is 0 Å². The lowest BCUT2D eigenvalue weighted by Gasteiger charge is -2.20. The maximum Gasteiger partial charge on any atom is 0.339 e. The van der Waals surface area contributed by atoms with Crippen LogP contribution in [0.4, 0.5) is 5.69 Å². The largest absolute Gasteiger partial charge is 0.465 e. The van der Waals surface area contributed by atoms with Crippen molar-refractivity contribution < 1.29 is 24.5 Å². The number of nitrogen functional groups attached to an aromatic ring is 1. The molecule has 0 saturated carbocycles. The second kappa shape index (κ2) is 6.88. The minimum Gasteiger partial charge on any atom is -0.465 e. The molecule has 0 aliphatic carbocycles. The minimum atomic E-state index is -1.33. The molecule has 5 N–H and O–H groups in total. The lowest BCUT2D eigenvalue weighted by atomic mass is 9.99. The molecule has 7 nitrogen and oxygen atoms in total. The van der Waals surface area contributed by atoms with E-state index in [-0.39, 0.29) is 29.3 Å². The Bertz CT molecular complexity index is 504. The standard InChI is InChI=1S/C13H18N2O5/c1-7(16)15-6-10(17)12(18)8-4-3-5-9(11(8)14)13(19)20-2/h3-5,10,12,17-18H,6,14H2,1-2H3,(H,15,16). The van der Waals surface area contributed by atoms with Gasteiger partial charge in [-0.25, -0.2) is 4.79 Å². The predicted octanol–water partition coefficient (Wildman–Crippen LogP) is -0.414.